The van der Waals surface area contributed by atoms with Crippen LogP contribution in [0.15, 0.2) is 46.6 Å². The first kappa shape index (κ1) is 21.9. The minimum Gasteiger partial charge on any atom is -0.507 e. The largest absolute Gasteiger partial charge is 0.507 e. The molecule has 7 nitrogen and oxygen atoms in total. The summed E-state index contributed by atoms with van der Waals surface area (Å²) >= 11 is 6.08. The van der Waals surface area contributed by atoms with Crippen LogP contribution in [0.2, 0.25) is 5.02 Å². The molecule has 30 heavy (non-hydrogen) atoms. The van der Waals surface area contributed by atoms with Crippen LogP contribution in [0, 0.1) is 0 Å². The number of amides is 1. The summed E-state index contributed by atoms with van der Waals surface area (Å²) in [5.41, 5.74) is 0.156. The molecule has 0 aliphatic carbocycles. The summed E-state index contributed by atoms with van der Waals surface area (Å²) in [5.74, 6) is -1.16. The van der Waals surface area contributed by atoms with Crippen molar-refractivity contribution in [1.82, 2.24) is 4.90 Å². The highest BCUT2D eigenvalue weighted by Gasteiger charge is 2.47. The van der Waals surface area contributed by atoms with Gasteiger partial charge in [-0.05, 0) is 50.6 Å². The van der Waals surface area contributed by atoms with Gasteiger partial charge in [0.25, 0.3) is 11.7 Å². The van der Waals surface area contributed by atoms with E-state index in [4.69, 9.17) is 25.5 Å². The van der Waals surface area contributed by atoms with Crippen LogP contribution in [0.3, 0.4) is 0 Å². The van der Waals surface area contributed by atoms with Gasteiger partial charge in [0.2, 0.25) is 0 Å². The fraction of sp³-hybridized carbons (Fsp3) is 0.364. The van der Waals surface area contributed by atoms with Gasteiger partial charge < -0.3 is 23.9 Å². The quantitative estimate of drug-likeness (QED) is 0.291. The van der Waals surface area contributed by atoms with E-state index >= 15 is 0 Å². The average molecular weight is 434 g/mol. The number of aliphatic hydroxyl groups excluding tert-OH is 1. The molecule has 1 atom stereocenters. The van der Waals surface area contributed by atoms with Crippen molar-refractivity contribution < 1.29 is 28.6 Å². The molecular weight excluding hydrogens is 410 g/mol. The lowest BCUT2D eigenvalue weighted by Gasteiger charge is -2.23. The Kier molecular flexibility index (Phi) is 6.84. The zero-order valence-corrected chi connectivity index (χ0v) is 17.8. The van der Waals surface area contributed by atoms with Crippen molar-refractivity contribution in [3.8, 4) is 5.75 Å². The molecule has 1 fully saturated rings. The van der Waals surface area contributed by atoms with Crippen molar-refractivity contribution in [2.75, 3.05) is 20.3 Å². The van der Waals surface area contributed by atoms with Crippen molar-refractivity contribution in [3.05, 3.63) is 58.5 Å². The van der Waals surface area contributed by atoms with E-state index in [1.807, 2.05) is 13.8 Å². The number of aliphatic hydroxyl groups is 1. The number of carbonyl (C=O) groups excluding carboxylic acids is 2. The summed E-state index contributed by atoms with van der Waals surface area (Å²) in [6.45, 7) is 4.56. The Bertz CT molecular complexity index is 951. The van der Waals surface area contributed by atoms with Gasteiger partial charge in [-0.15, -0.1) is 0 Å². The van der Waals surface area contributed by atoms with Crippen LogP contribution in [0.1, 0.15) is 37.6 Å². The number of likely N-dealkylation sites (tertiary alicyclic amines) is 1. The molecule has 2 aromatic rings. The third kappa shape index (κ3) is 4.37. The first-order valence-electron chi connectivity index (χ1n) is 9.62. The van der Waals surface area contributed by atoms with Crippen molar-refractivity contribution in [1.29, 1.82) is 0 Å². The minimum absolute atomic E-state index is 0.0663. The van der Waals surface area contributed by atoms with Crippen molar-refractivity contribution in [2.45, 2.75) is 32.4 Å². The Labute approximate surface area is 179 Å². The molecule has 1 aliphatic rings. The molecule has 0 radical (unpaired) electrons. The van der Waals surface area contributed by atoms with Gasteiger partial charge in [-0.3, -0.25) is 9.59 Å². The number of ether oxygens (including phenoxy) is 2. The number of hydrogen-bond acceptors (Lipinski definition) is 6. The van der Waals surface area contributed by atoms with Crippen molar-refractivity contribution >= 4 is 29.1 Å². The third-order valence-corrected chi connectivity index (χ3v) is 5.00. The number of nitrogens with zero attached hydrogens (tertiary/aromatic N) is 1. The molecular formula is C22H24ClNO6. The van der Waals surface area contributed by atoms with Crippen LogP contribution >= 0.6 is 11.6 Å². The molecule has 1 saturated heterocycles. The van der Waals surface area contributed by atoms with Crippen LogP contribution in [0.4, 0.5) is 0 Å². The summed E-state index contributed by atoms with van der Waals surface area (Å²) in [6, 6.07) is 7.14. The Morgan fingerprint density at radius 1 is 1.30 bits per heavy atom. The lowest BCUT2D eigenvalue weighted by molar-refractivity contribution is -0.140. The first-order valence-corrected chi connectivity index (χ1v) is 10.00. The molecule has 1 unspecified atom stereocenters. The molecule has 160 valence electrons. The SMILES string of the molecule is COc1ccc(Cl)cc1/C(O)=C1/C(=O)C(=O)N(CCCOC(C)C)C1c1ccco1. The number of benzene rings is 1. The molecule has 1 aromatic heterocycles. The first-order chi connectivity index (χ1) is 14.3. The van der Waals surface area contributed by atoms with Crippen molar-refractivity contribution in [3.63, 3.8) is 0 Å². The maximum atomic E-state index is 12.9. The van der Waals surface area contributed by atoms with E-state index in [9.17, 15) is 14.7 Å². The van der Waals surface area contributed by atoms with Crippen LogP contribution in [-0.2, 0) is 14.3 Å². The molecule has 1 amide bonds. The summed E-state index contributed by atoms with van der Waals surface area (Å²) in [6.07, 6.45) is 2.05. The number of carbonyl (C=O) groups is 2. The number of Topliss-reactive ketones (excluding diaryl/α,β-unsaturated/α-hetero) is 1. The highest BCUT2D eigenvalue weighted by Crippen LogP contribution is 2.41. The van der Waals surface area contributed by atoms with E-state index in [-0.39, 0.29) is 29.5 Å². The number of methoxy groups -OCH3 is 1. The molecule has 3 rings (SSSR count). The predicted molar refractivity (Wildman–Crippen MR) is 111 cm³/mol. The monoisotopic (exact) mass is 433 g/mol. The number of furan rings is 1. The topological polar surface area (TPSA) is 89.2 Å². The zero-order chi connectivity index (χ0) is 21.8. The highest BCUT2D eigenvalue weighted by molar-refractivity contribution is 6.46. The molecule has 8 heteroatoms. The van der Waals surface area contributed by atoms with Crippen LogP contribution in [-0.4, -0.2) is 48.1 Å². The third-order valence-electron chi connectivity index (χ3n) is 4.76. The Hall–Kier alpha value is -2.77. The second-order valence-corrected chi connectivity index (χ2v) is 7.56. The van der Waals surface area contributed by atoms with Gasteiger partial charge in [0.1, 0.15) is 23.3 Å². The molecule has 0 bridgehead atoms. The van der Waals surface area contributed by atoms with Crippen LogP contribution < -0.4 is 4.74 Å². The van der Waals surface area contributed by atoms with Gasteiger partial charge in [-0.2, -0.15) is 0 Å². The summed E-state index contributed by atoms with van der Waals surface area (Å²) in [4.78, 5) is 27.1. The Morgan fingerprint density at radius 2 is 2.07 bits per heavy atom. The summed E-state index contributed by atoms with van der Waals surface area (Å²) in [5, 5.41) is 11.4. The molecule has 0 saturated carbocycles. The van der Waals surface area contributed by atoms with Gasteiger partial charge in [0, 0.05) is 18.2 Å². The highest BCUT2D eigenvalue weighted by atomic mass is 35.5. The summed E-state index contributed by atoms with van der Waals surface area (Å²) < 4.78 is 16.3. The molecule has 1 aliphatic heterocycles. The van der Waals surface area contributed by atoms with Gasteiger partial charge >= 0.3 is 0 Å². The number of halogens is 1. The molecule has 0 spiro atoms. The summed E-state index contributed by atoms with van der Waals surface area (Å²) in [7, 11) is 1.44. The fourth-order valence-corrected chi connectivity index (χ4v) is 3.59. The number of ketones is 1. The second kappa shape index (κ2) is 9.36. The van der Waals surface area contributed by atoms with E-state index in [1.54, 1.807) is 24.3 Å². The van der Waals surface area contributed by atoms with Crippen molar-refractivity contribution in [2.24, 2.45) is 0 Å². The standard InChI is InChI=1S/C22H24ClNO6/c1-13(2)29-11-5-9-24-19(17-6-4-10-30-17)18(21(26)22(24)27)20(25)15-12-14(23)7-8-16(15)28-3/h4,6-8,10,12-13,19,25H,5,9,11H2,1-3H3/b20-18-. The van der Waals surface area contributed by atoms with E-state index in [2.05, 4.69) is 0 Å². The fourth-order valence-electron chi connectivity index (χ4n) is 3.42. The lowest BCUT2D eigenvalue weighted by atomic mass is 9.98. The maximum absolute atomic E-state index is 12.9. The van der Waals surface area contributed by atoms with E-state index < -0.39 is 17.7 Å². The lowest BCUT2D eigenvalue weighted by Crippen LogP contribution is -2.31. The van der Waals surface area contributed by atoms with Gasteiger partial charge in [-0.1, -0.05) is 11.6 Å². The smallest absolute Gasteiger partial charge is 0.295 e. The second-order valence-electron chi connectivity index (χ2n) is 7.13. The van der Waals surface area contributed by atoms with E-state index in [0.717, 1.165) is 0 Å². The van der Waals surface area contributed by atoms with Gasteiger partial charge in [-0.25, -0.2) is 0 Å². The van der Waals surface area contributed by atoms with E-state index in [0.29, 0.717) is 29.6 Å². The number of rotatable bonds is 8. The molecule has 1 N–H and O–H groups in total. The predicted octanol–water partition coefficient (Wildman–Crippen LogP) is 4.18. The van der Waals surface area contributed by atoms with Crippen LogP contribution in [0.5, 0.6) is 5.75 Å². The Morgan fingerprint density at radius 3 is 2.70 bits per heavy atom. The molecule has 2 heterocycles. The maximum Gasteiger partial charge on any atom is 0.295 e. The average Bonchev–Trinajstić information content (AvgIpc) is 3.32. The minimum atomic E-state index is -0.859. The van der Waals surface area contributed by atoms with Crippen LogP contribution in [0.25, 0.3) is 5.76 Å². The number of hydrogen-bond donors (Lipinski definition) is 1. The van der Waals surface area contributed by atoms with E-state index in [1.165, 1.54) is 24.3 Å². The van der Waals surface area contributed by atoms with Gasteiger partial charge in [0.05, 0.1) is 30.6 Å². The normalized spacial score (nSPS) is 18.4. The molecule has 1 aromatic carbocycles. The zero-order valence-electron chi connectivity index (χ0n) is 17.1. The van der Waals surface area contributed by atoms with Gasteiger partial charge in [0.15, 0.2) is 0 Å². The Balaban J connectivity index is 2.04.